The number of hydrogen-bond donors (Lipinski definition) is 0. The van der Waals surface area contributed by atoms with E-state index in [2.05, 4.69) is 10.2 Å². The van der Waals surface area contributed by atoms with E-state index in [9.17, 15) is 13.2 Å². The lowest BCUT2D eigenvalue weighted by molar-refractivity contribution is -0.131. The van der Waals surface area contributed by atoms with Crippen LogP contribution in [0.25, 0.3) is 11.4 Å². The zero-order valence-electron chi connectivity index (χ0n) is 15.9. The first-order valence-corrected chi connectivity index (χ1v) is 11.5. The quantitative estimate of drug-likeness (QED) is 0.668. The number of amides is 1. The van der Waals surface area contributed by atoms with Crippen molar-refractivity contribution in [1.82, 2.24) is 19.7 Å². The largest absolute Gasteiger partial charge is 0.469 e. The predicted octanol–water partition coefficient (Wildman–Crippen LogP) is 1.90. The Kier molecular flexibility index (Phi) is 5.66. The van der Waals surface area contributed by atoms with Gasteiger partial charge in [0.1, 0.15) is 5.76 Å². The summed E-state index contributed by atoms with van der Waals surface area (Å²) in [5.41, 5.74) is 0.863. The number of carbonyl (C=O) groups excluding carboxylic acids is 1. The fraction of sp³-hybridized carbons (Fsp3) is 0.588. The first-order valence-electron chi connectivity index (χ1n) is 8.85. The van der Waals surface area contributed by atoms with Gasteiger partial charge in [0.2, 0.25) is 5.91 Å². The number of hydrogen-bond acceptors (Lipinski definition) is 7. The average Bonchev–Trinajstić information content (AvgIpc) is 3.28. The van der Waals surface area contributed by atoms with Crippen molar-refractivity contribution in [2.75, 3.05) is 18.1 Å². The predicted molar refractivity (Wildman–Crippen MR) is 103 cm³/mol. The number of aryl methyl sites for hydroxylation is 1. The van der Waals surface area contributed by atoms with E-state index in [1.165, 1.54) is 11.8 Å². The summed E-state index contributed by atoms with van der Waals surface area (Å²) in [5, 5.41) is 8.66. The summed E-state index contributed by atoms with van der Waals surface area (Å²) in [6.45, 7) is 6.04. The van der Waals surface area contributed by atoms with Gasteiger partial charge >= 0.3 is 0 Å². The molecule has 8 nitrogen and oxygen atoms in total. The molecule has 0 aromatic carbocycles. The molecule has 1 fully saturated rings. The molecule has 1 saturated heterocycles. The molecule has 2 aromatic rings. The van der Waals surface area contributed by atoms with Crippen LogP contribution >= 0.6 is 11.8 Å². The van der Waals surface area contributed by atoms with Crippen molar-refractivity contribution < 1.29 is 17.6 Å². The van der Waals surface area contributed by atoms with Gasteiger partial charge in [-0.15, -0.1) is 10.2 Å². The van der Waals surface area contributed by atoms with Crippen LogP contribution in [0.15, 0.2) is 21.9 Å². The lowest BCUT2D eigenvalue weighted by atomic mass is 10.2. The van der Waals surface area contributed by atoms with Crippen molar-refractivity contribution in [1.29, 1.82) is 0 Å². The Bertz CT molecular complexity index is 935. The molecule has 148 valence electrons. The van der Waals surface area contributed by atoms with Crippen LogP contribution in [0.4, 0.5) is 0 Å². The van der Waals surface area contributed by atoms with Crippen LogP contribution in [-0.4, -0.2) is 63.3 Å². The second-order valence-corrected chi connectivity index (χ2v) is 10.2. The van der Waals surface area contributed by atoms with Crippen molar-refractivity contribution in [3.8, 4) is 11.4 Å². The van der Waals surface area contributed by atoms with E-state index in [1.54, 1.807) is 11.2 Å². The topological polar surface area (TPSA) is 98.3 Å². The Morgan fingerprint density at radius 2 is 2.22 bits per heavy atom. The van der Waals surface area contributed by atoms with E-state index in [4.69, 9.17) is 4.42 Å². The monoisotopic (exact) mass is 412 g/mol. The molecule has 2 aromatic heterocycles. The van der Waals surface area contributed by atoms with Gasteiger partial charge in [-0.25, -0.2) is 8.42 Å². The number of sulfone groups is 1. The van der Waals surface area contributed by atoms with Gasteiger partial charge in [-0.1, -0.05) is 11.8 Å². The van der Waals surface area contributed by atoms with Crippen LogP contribution in [0.3, 0.4) is 0 Å². The van der Waals surface area contributed by atoms with Gasteiger partial charge in [0.25, 0.3) is 0 Å². The Morgan fingerprint density at radius 3 is 2.78 bits per heavy atom. The van der Waals surface area contributed by atoms with Crippen molar-refractivity contribution in [2.24, 2.45) is 7.05 Å². The maximum absolute atomic E-state index is 12.9. The van der Waals surface area contributed by atoms with Gasteiger partial charge in [-0.3, -0.25) is 4.79 Å². The highest BCUT2D eigenvalue weighted by Gasteiger charge is 2.35. The van der Waals surface area contributed by atoms with E-state index >= 15 is 0 Å². The number of nitrogens with zero attached hydrogens (tertiary/aromatic N) is 4. The molecule has 0 spiro atoms. The second kappa shape index (κ2) is 7.67. The van der Waals surface area contributed by atoms with Crippen LogP contribution in [0.5, 0.6) is 0 Å². The number of rotatable bonds is 6. The number of thioether (sulfide) groups is 1. The molecule has 3 heterocycles. The highest BCUT2D eigenvalue weighted by molar-refractivity contribution is 8.00. The minimum absolute atomic E-state index is 0.0534. The zero-order chi connectivity index (χ0) is 19.8. The van der Waals surface area contributed by atoms with E-state index in [0.29, 0.717) is 23.9 Å². The fourth-order valence-electron chi connectivity index (χ4n) is 3.33. The van der Waals surface area contributed by atoms with Crippen LogP contribution in [-0.2, 0) is 21.7 Å². The molecule has 0 unspecified atom stereocenters. The number of furan rings is 1. The van der Waals surface area contributed by atoms with Gasteiger partial charge in [0.15, 0.2) is 20.8 Å². The Hall–Kier alpha value is -1.81. The molecule has 0 radical (unpaired) electrons. The Balaban J connectivity index is 1.73. The van der Waals surface area contributed by atoms with Gasteiger partial charge in [-0.2, -0.15) is 0 Å². The maximum Gasteiger partial charge on any atom is 0.236 e. The van der Waals surface area contributed by atoms with Crippen LogP contribution in [0.2, 0.25) is 0 Å². The third-order valence-electron chi connectivity index (χ3n) is 4.84. The molecule has 3 rings (SSSR count). The summed E-state index contributed by atoms with van der Waals surface area (Å²) in [6.07, 6.45) is 2.11. The minimum Gasteiger partial charge on any atom is -0.469 e. The minimum atomic E-state index is -3.04. The fourth-order valence-corrected chi connectivity index (χ4v) is 5.94. The van der Waals surface area contributed by atoms with Crippen LogP contribution < -0.4 is 0 Å². The van der Waals surface area contributed by atoms with Crippen molar-refractivity contribution in [2.45, 2.75) is 43.6 Å². The zero-order valence-corrected chi connectivity index (χ0v) is 17.5. The molecule has 27 heavy (non-hydrogen) atoms. The third kappa shape index (κ3) is 4.06. The molecule has 10 heteroatoms. The first kappa shape index (κ1) is 19.9. The number of aromatic nitrogens is 3. The summed E-state index contributed by atoms with van der Waals surface area (Å²) in [5.74, 6) is 1.56. The SMILES string of the molecule is CCN(C(=O)[C@@H](C)Sc1nnc(-c2ccoc2C)n1C)[C@@H]1CCS(=O)(=O)C1. The summed E-state index contributed by atoms with van der Waals surface area (Å²) in [6, 6.07) is 1.60. The van der Waals surface area contributed by atoms with Crippen LogP contribution in [0.1, 0.15) is 26.0 Å². The van der Waals surface area contributed by atoms with E-state index < -0.39 is 15.1 Å². The molecule has 0 saturated carbocycles. The molecule has 1 aliphatic rings. The van der Waals surface area contributed by atoms with Gasteiger partial charge in [0, 0.05) is 19.6 Å². The first-order chi connectivity index (χ1) is 12.7. The third-order valence-corrected chi connectivity index (χ3v) is 7.71. The summed E-state index contributed by atoms with van der Waals surface area (Å²) in [4.78, 5) is 14.6. The highest BCUT2D eigenvalue weighted by atomic mass is 32.2. The molecule has 1 aliphatic heterocycles. The number of carbonyl (C=O) groups is 1. The van der Waals surface area contributed by atoms with E-state index in [1.807, 2.05) is 38.5 Å². The molecular weight excluding hydrogens is 388 g/mol. The lowest BCUT2D eigenvalue weighted by Gasteiger charge is -2.29. The molecular formula is C17H24N4O4S2. The van der Waals surface area contributed by atoms with Crippen LogP contribution in [0, 0.1) is 6.92 Å². The smallest absolute Gasteiger partial charge is 0.236 e. The highest BCUT2D eigenvalue weighted by Crippen LogP contribution is 2.29. The van der Waals surface area contributed by atoms with Crippen molar-refractivity contribution >= 4 is 27.5 Å². The summed E-state index contributed by atoms with van der Waals surface area (Å²) < 4.78 is 30.7. The van der Waals surface area contributed by atoms with E-state index in [0.717, 1.165) is 11.3 Å². The normalized spacial score (nSPS) is 19.9. The standard InChI is InChI=1S/C17H24N4O4S2/c1-5-21(13-7-9-27(23,24)10-13)16(22)12(3)26-17-19-18-15(20(17)4)14-6-8-25-11(14)2/h6,8,12-13H,5,7,9-10H2,1-4H3/t12-,13-/m1/s1. The lowest BCUT2D eigenvalue weighted by Crippen LogP contribution is -2.44. The second-order valence-electron chi connectivity index (χ2n) is 6.70. The Morgan fingerprint density at radius 1 is 1.48 bits per heavy atom. The van der Waals surface area contributed by atoms with Gasteiger partial charge in [-0.05, 0) is 33.3 Å². The maximum atomic E-state index is 12.9. The molecule has 0 N–H and O–H groups in total. The van der Waals surface area contributed by atoms with Gasteiger partial charge < -0.3 is 13.9 Å². The summed E-state index contributed by atoms with van der Waals surface area (Å²) in [7, 11) is -1.19. The van der Waals surface area contributed by atoms with E-state index in [-0.39, 0.29) is 23.5 Å². The molecule has 0 aliphatic carbocycles. The molecule has 2 atom stereocenters. The van der Waals surface area contributed by atoms with Crippen molar-refractivity contribution in [3.63, 3.8) is 0 Å². The summed E-state index contributed by atoms with van der Waals surface area (Å²) >= 11 is 1.32. The average molecular weight is 413 g/mol. The Labute approximate surface area is 163 Å². The van der Waals surface area contributed by atoms with Gasteiger partial charge in [0.05, 0.1) is 28.6 Å². The van der Waals surface area contributed by atoms with Crippen molar-refractivity contribution in [3.05, 3.63) is 18.1 Å². The molecule has 1 amide bonds. The molecule has 0 bridgehead atoms.